The number of hydrogen-bond acceptors (Lipinski definition) is 10. The third kappa shape index (κ3) is 8.17. The quantitative estimate of drug-likeness (QED) is 0.400. The Labute approximate surface area is 269 Å². The average molecular weight is 671 g/mol. The Kier molecular flexibility index (Phi) is 10.2. The molecule has 6 rings (SSSR count). The molecule has 7 atom stereocenters. The van der Waals surface area contributed by atoms with Gasteiger partial charge in [0.1, 0.15) is 24.1 Å². The molecule has 5 saturated heterocycles. The molecule has 0 aromatic heterocycles. The molecule has 0 aliphatic carbocycles. The Hall–Kier alpha value is -3.02. The van der Waals surface area contributed by atoms with Crippen LogP contribution in [0.25, 0.3) is 0 Å². The number of aliphatic hydroxyl groups excluding tert-OH is 2. The largest absolute Gasteiger partial charge is 0.573 e. The van der Waals surface area contributed by atoms with Crippen LogP contribution in [0.4, 0.5) is 13.2 Å². The summed E-state index contributed by atoms with van der Waals surface area (Å²) in [5.41, 5.74) is 0.653. The summed E-state index contributed by atoms with van der Waals surface area (Å²) in [6, 6.07) is 4.35. The summed E-state index contributed by atoms with van der Waals surface area (Å²) in [5, 5.41) is 24.6. The predicted molar refractivity (Wildman–Crippen MR) is 156 cm³/mol. The number of carbonyl (C=O) groups is 3. The van der Waals surface area contributed by atoms with Crippen LogP contribution in [0.3, 0.4) is 0 Å². The van der Waals surface area contributed by atoms with E-state index >= 15 is 0 Å². The Morgan fingerprint density at radius 1 is 0.979 bits per heavy atom. The van der Waals surface area contributed by atoms with E-state index in [1.165, 1.54) is 24.3 Å². The van der Waals surface area contributed by atoms with Crippen LogP contribution in [0.1, 0.15) is 31.2 Å². The minimum atomic E-state index is -4.82. The monoisotopic (exact) mass is 670 g/mol. The number of hydrogen-bond donors (Lipinski definition) is 3. The highest BCUT2D eigenvalue weighted by Gasteiger charge is 2.47. The first kappa shape index (κ1) is 33.9. The molecule has 13 nitrogen and oxygen atoms in total. The third-order valence-electron chi connectivity index (χ3n) is 9.60. The van der Waals surface area contributed by atoms with Gasteiger partial charge in [0.2, 0.25) is 17.7 Å². The first-order valence-electron chi connectivity index (χ1n) is 16.1. The highest BCUT2D eigenvalue weighted by molar-refractivity contribution is 5.83. The molecule has 3 amide bonds. The van der Waals surface area contributed by atoms with Gasteiger partial charge in [-0.3, -0.25) is 19.3 Å². The molecule has 5 aliphatic rings. The van der Waals surface area contributed by atoms with Gasteiger partial charge in [0.05, 0.1) is 31.3 Å². The fourth-order valence-corrected chi connectivity index (χ4v) is 7.25. The van der Waals surface area contributed by atoms with Crippen molar-refractivity contribution in [2.75, 3.05) is 52.5 Å². The van der Waals surface area contributed by atoms with E-state index in [1.807, 2.05) is 4.90 Å². The van der Waals surface area contributed by atoms with E-state index < -0.39 is 54.9 Å². The van der Waals surface area contributed by atoms with Gasteiger partial charge < -0.3 is 44.3 Å². The molecule has 0 unspecified atom stereocenters. The van der Waals surface area contributed by atoms with Crippen molar-refractivity contribution in [3.05, 3.63) is 29.8 Å². The third-order valence-corrected chi connectivity index (χ3v) is 9.60. The van der Waals surface area contributed by atoms with Crippen LogP contribution in [0, 0.1) is 5.92 Å². The number of likely N-dealkylation sites (tertiary alicyclic amines) is 1. The molecule has 5 fully saturated rings. The average Bonchev–Trinajstić information content (AvgIpc) is 3.55. The van der Waals surface area contributed by atoms with Crippen LogP contribution in [0.5, 0.6) is 5.75 Å². The minimum Gasteiger partial charge on any atom is -0.406 e. The van der Waals surface area contributed by atoms with Crippen LogP contribution in [0.2, 0.25) is 0 Å². The lowest BCUT2D eigenvalue weighted by Gasteiger charge is -2.39. The highest BCUT2D eigenvalue weighted by Crippen LogP contribution is 2.29. The molecule has 260 valence electrons. The van der Waals surface area contributed by atoms with Crippen molar-refractivity contribution in [1.29, 1.82) is 0 Å². The minimum absolute atomic E-state index is 0.0217. The van der Waals surface area contributed by atoms with E-state index in [2.05, 4.69) is 10.1 Å². The SMILES string of the molecule is O=C1C[C@@H]2O[C@H](CN(C(=O)C3CCOCC3)C[C@@H]3CN(CCO3)C(=O)[C@@H]3C[C@@H](CN3Cc3ccc(OC(F)(F)F)cc3)N1)[C@@H](O)[C@H]2O. The zero-order chi connectivity index (χ0) is 33.3. The van der Waals surface area contributed by atoms with Crippen molar-refractivity contribution < 1.29 is 56.7 Å². The number of rotatable bonds is 4. The lowest BCUT2D eigenvalue weighted by molar-refractivity contribution is -0.274. The van der Waals surface area contributed by atoms with E-state index in [0.29, 0.717) is 44.7 Å². The van der Waals surface area contributed by atoms with Crippen molar-refractivity contribution >= 4 is 17.7 Å². The highest BCUT2D eigenvalue weighted by atomic mass is 19.4. The maximum Gasteiger partial charge on any atom is 0.573 e. The molecule has 5 aliphatic heterocycles. The predicted octanol–water partition coefficient (Wildman–Crippen LogP) is 0.0198. The molecular weight excluding hydrogens is 629 g/mol. The molecule has 0 radical (unpaired) electrons. The molecule has 16 heteroatoms. The Morgan fingerprint density at radius 3 is 2.43 bits per heavy atom. The lowest BCUT2D eigenvalue weighted by atomic mass is 9.97. The van der Waals surface area contributed by atoms with Crippen LogP contribution in [0.15, 0.2) is 24.3 Å². The number of alkyl halides is 3. The van der Waals surface area contributed by atoms with E-state index in [0.717, 1.165) is 0 Å². The summed E-state index contributed by atoms with van der Waals surface area (Å²) in [6.45, 7) is 2.32. The second-order valence-corrected chi connectivity index (χ2v) is 12.9. The summed E-state index contributed by atoms with van der Waals surface area (Å²) in [5.74, 6) is -1.40. The number of benzene rings is 1. The first-order valence-corrected chi connectivity index (χ1v) is 16.1. The van der Waals surface area contributed by atoms with Crippen molar-refractivity contribution in [3.63, 3.8) is 0 Å². The van der Waals surface area contributed by atoms with Gasteiger partial charge in [-0.1, -0.05) is 12.1 Å². The molecule has 1 aromatic carbocycles. The van der Waals surface area contributed by atoms with Crippen molar-refractivity contribution in [3.8, 4) is 5.75 Å². The van der Waals surface area contributed by atoms with Crippen LogP contribution >= 0.6 is 0 Å². The fraction of sp³-hybridized carbons (Fsp3) is 0.710. The fourth-order valence-electron chi connectivity index (χ4n) is 7.25. The lowest BCUT2D eigenvalue weighted by Crippen LogP contribution is -2.56. The Balaban J connectivity index is 1.23. The number of aliphatic hydroxyl groups is 2. The molecule has 5 heterocycles. The maximum atomic E-state index is 14.1. The number of carbonyl (C=O) groups excluding carboxylic acids is 3. The first-order chi connectivity index (χ1) is 22.4. The smallest absolute Gasteiger partial charge is 0.406 e. The number of fused-ring (bicyclic) bond motifs is 6. The second-order valence-electron chi connectivity index (χ2n) is 12.9. The van der Waals surface area contributed by atoms with Gasteiger partial charge >= 0.3 is 6.36 Å². The van der Waals surface area contributed by atoms with Gasteiger partial charge in [0.25, 0.3) is 0 Å². The normalized spacial score (nSPS) is 33.2. The van der Waals surface area contributed by atoms with Gasteiger partial charge in [-0.25, -0.2) is 0 Å². The summed E-state index contributed by atoms with van der Waals surface area (Å²) >= 11 is 0. The van der Waals surface area contributed by atoms with E-state index in [-0.39, 0.29) is 69.1 Å². The van der Waals surface area contributed by atoms with Gasteiger partial charge in [-0.2, -0.15) is 0 Å². The number of nitrogens with zero attached hydrogens (tertiary/aromatic N) is 3. The number of ether oxygens (including phenoxy) is 4. The van der Waals surface area contributed by atoms with Crippen LogP contribution in [-0.4, -0.2) is 144 Å². The van der Waals surface area contributed by atoms with Gasteiger partial charge in [0.15, 0.2) is 0 Å². The number of nitrogens with one attached hydrogen (secondary N) is 1. The summed E-state index contributed by atoms with van der Waals surface area (Å²) < 4.78 is 59.4. The van der Waals surface area contributed by atoms with Crippen molar-refractivity contribution in [2.45, 2.75) is 81.2 Å². The molecule has 1 aromatic rings. The molecule has 6 bridgehead atoms. The Bertz CT molecular complexity index is 1280. The second kappa shape index (κ2) is 14.2. The van der Waals surface area contributed by atoms with Crippen LogP contribution in [-0.2, 0) is 35.1 Å². The Morgan fingerprint density at radius 2 is 1.70 bits per heavy atom. The van der Waals surface area contributed by atoms with Gasteiger partial charge in [-0.05, 0) is 37.0 Å². The number of amides is 3. The zero-order valence-electron chi connectivity index (χ0n) is 25.8. The number of morpholine rings is 1. The van der Waals surface area contributed by atoms with Gasteiger partial charge in [-0.15, -0.1) is 13.2 Å². The van der Waals surface area contributed by atoms with E-state index in [4.69, 9.17) is 14.2 Å². The van der Waals surface area contributed by atoms with E-state index in [9.17, 15) is 37.8 Å². The standard InChI is InChI=1S/C31H41F3N4O9/c32-31(33,34)47-21-3-1-18(2-4-21)13-37-14-20-11-23(37)30(43)36-7-10-45-22(15-36)16-38(29(42)19-5-8-44-9-6-19)17-25-28(41)27(40)24(46-25)12-26(39)35-20/h1-4,19-20,22-25,27-28,40-41H,5-17H2,(H,35,39)/t20-,22-,23-,24-,25+,27-,28+/m0/s1. The summed E-state index contributed by atoms with van der Waals surface area (Å²) in [7, 11) is 0. The van der Waals surface area contributed by atoms with Gasteiger partial charge in [0, 0.05) is 64.4 Å². The van der Waals surface area contributed by atoms with Crippen LogP contribution < -0.4 is 10.1 Å². The maximum absolute atomic E-state index is 14.1. The molecule has 0 spiro atoms. The zero-order valence-corrected chi connectivity index (χ0v) is 25.8. The summed E-state index contributed by atoms with van der Waals surface area (Å²) in [6.07, 6.45) is -8.80. The molecule has 47 heavy (non-hydrogen) atoms. The molecule has 0 saturated carbocycles. The van der Waals surface area contributed by atoms with Crippen molar-refractivity contribution in [2.24, 2.45) is 5.92 Å². The topological polar surface area (TPSA) is 150 Å². The molecular formula is C31H41F3N4O9. The molecule has 3 N–H and O–H groups in total. The van der Waals surface area contributed by atoms with E-state index in [1.54, 1.807) is 9.80 Å². The summed E-state index contributed by atoms with van der Waals surface area (Å²) in [4.78, 5) is 46.1. The van der Waals surface area contributed by atoms with Crippen molar-refractivity contribution in [1.82, 2.24) is 20.0 Å². The number of halogens is 3.